The number of nitrogens with zero attached hydrogens (tertiary/aromatic N) is 1. The van der Waals surface area contributed by atoms with Gasteiger partial charge in [0.05, 0.1) is 0 Å². The molecule has 1 aromatic rings. The number of hydrogen-bond donors (Lipinski definition) is 0. The fourth-order valence-electron chi connectivity index (χ4n) is 0.313. The first-order valence-electron chi connectivity index (χ1n) is 2.46. The summed E-state index contributed by atoms with van der Waals surface area (Å²) < 4.78 is 8.52. The molecular weight excluding hydrogens is 209 g/mol. The first kappa shape index (κ1) is 18.3. The van der Waals surface area contributed by atoms with Crippen LogP contribution in [0.5, 0.6) is 0 Å². The molecule has 0 unspecified atom stereocenters. The van der Waals surface area contributed by atoms with Gasteiger partial charge >= 0.3 is 37.7 Å². The third kappa shape index (κ3) is 22.4. The predicted molar refractivity (Wildman–Crippen MR) is 42.6 cm³/mol. The number of rotatable bonds is 0. The van der Waals surface area contributed by atoms with Gasteiger partial charge in [-0.15, -0.1) is 0 Å². The van der Waals surface area contributed by atoms with Crippen molar-refractivity contribution in [2.24, 2.45) is 0 Å². The molecule has 0 fully saturated rings. The Bertz CT molecular complexity index is 155. The van der Waals surface area contributed by atoms with Gasteiger partial charge in [-0.25, -0.2) is 0 Å². The van der Waals surface area contributed by atoms with Crippen molar-refractivity contribution in [2.45, 2.75) is 0 Å². The van der Waals surface area contributed by atoms with Crippen molar-refractivity contribution in [3.63, 3.8) is 0 Å². The molecule has 1 heterocycles. The van der Waals surface area contributed by atoms with Crippen LogP contribution in [0.4, 0.5) is 0 Å². The molecule has 0 amide bonds. The van der Waals surface area contributed by atoms with Crippen LogP contribution in [0.2, 0.25) is 0 Å². The molecule has 0 aromatic carbocycles. The van der Waals surface area contributed by atoms with Crippen molar-refractivity contribution in [1.82, 2.24) is 4.98 Å². The smallest absolute Gasteiger partial charge is 0.813 e. The van der Waals surface area contributed by atoms with E-state index >= 15 is 0 Å². The summed E-state index contributed by atoms with van der Waals surface area (Å²) in [5.41, 5.74) is 0. The molecule has 0 aliphatic carbocycles. The second-order valence-electron chi connectivity index (χ2n) is 1.27. The fourth-order valence-corrected chi connectivity index (χ4v) is 0.313. The topological polar surface area (TPSA) is 108 Å². The molecular formula is C5H8CaNO4P. The second kappa shape index (κ2) is 14.1. The van der Waals surface area contributed by atoms with Gasteiger partial charge < -0.3 is 19.8 Å². The molecule has 1 rings (SSSR count). The van der Waals surface area contributed by atoms with E-state index in [1.54, 1.807) is 12.4 Å². The zero-order valence-corrected chi connectivity index (χ0v) is 9.47. The number of pyridine rings is 1. The molecule has 0 saturated heterocycles. The summed E-state index contributed by atoms with van der Waals surface area (Å²) in [6, 6.07) is 5.72. The molecule has 0 saturated carbocycles. The summed E-state index contributed by atoms with van der Waals surface area (Å²) in [6.45, 7) is 0. The van der Waals surface area contributed by atoms with Crippen LogP contribution < -0.4 is 9.79 Å². The largest absolute Gasteiger partial charge is 2.00 e. The van der Waals surface area contributed by atoms with Crippen LogP contribution in [0.25, 0.3) is 0 Å². The molecule has 0 aliphatic rings. The maximum Gasteiger partial charge on any atom is 2.00 e. The Morgan fingerprint density at radius 3 is 1.50 bits per heavy atom. The van der Waals surface area contributed by atoms with Gasteiger partial charge in [0.1, 0.15) is 0 Å². The molecule has 0 atom stereocenters. The fraction of sp³-hybridized carbons (Fsp3) is 0. The van der Waals surface area contributed by atoms with E-state index in [1.165, 1.54) is 0 Å². The van der Waals surface area contributed by atoms with Gasteiger partial charge in [0.25, 0.3) is 0 Å². The van der Waals surface area contributed by atoms with Gasteiger partial charge in [-0.2, -0.15) is 0 Å². The van der Waals surface area contributed by atoms with E-state index in [0.717, 1.165) is 0 Å². The van der Waals surface area contributed by atoms with Crippen molar-refractivity contribution in [3.05, 3.63) is 30.6 Å². The van der Waals surface area contributed by atoms with E-state index < -0.39 is 8.25 Å². The Kier molecular flexibility index (Phi) is 21.5. The Hall–Kier alpha value is 0.520. The van der Waals surface area contributed by atoms with Crippen molar-refractivity contribution in [3.8, 4) is 0 Å². The van der Waals surface area contributed by atoms with Crippen molar-refractivity contribution >= 4 is 46.0 Å². The van der Waals surface area contributed by atoms with E-state index in [0.29, 0.717) is 0 Å². The quantitative estimate of drug-likeness (QED) is 0.369. The molecule has 1 aromatic heterocycles. The van der Waals surface area contributed by atoms with Crippen LogP contribution in [0.15, 0.2) is 30.6 Å². The molecule has 2 N–H and O–H groups in total. The van der Waals surface area contributed by atoms with Gasteiger partial charge in [-0.3, -0.25) is 4.98 Å². The predicted octanol–water partition coefficient (Wildman–Crippen LogP) is -2.03. The first-order valence-corrected chi connectivity index (χ1v) is 3.69. The van der Waals surface area contributed by atoms with Crippen LogP contribution in [0, 0.1) is 0 Å². The minimum absolute atomic E-state index is 0. The Balaban J connectivity index is -0.000000124. The number of aromatic nitrogens is 1. The zero-order chi connectivity index (χ0) is 7.82. The molecule has 64 valence electrons. The SMILES string of the molecule is O.O=[PH]([O-])[O-].[Ca+2].c1ccncc1. The third-order valence-corrected chi connectivity index (χ3v) is 0.566. The summed E-state index contributed by atoms with van der Waals surface area (Å²) in [7, 11) is -3.63. The van der Waals surface area contributed by atoms with Crippen LogP contribution in [-0.4, -0.2) is 48.2 Å². The van der Waals surface area contributed by atoms with E-state index in [2.05, 4.69) is 4.98 Å². The molecule has 0 aliphatic heterocycles. The normalized spacial score (nSPS) is 6.92. The number of hydrogen-bond acceptors (Lipinski definition) is 4. The average Bonchev–Trinajstić information content (AvgIpc) is 1.90. The summed E-state index contributed by atoms with van der Waals surface area (Å²) in [4.78, 5) is 20.8. The van der Waals surface area contributed by atoms with E-state index in [4.69, 9.17) is 14.4 Å². The molecule has 0 spiro atoms. The second-order valence-corrected chi connectivity index (χ2v) is 1.77. The van der Waals surface area contributed by atoms with Gasteiger partial charge in [-0.05, 0) is 12.1 Å². The standard InChI is InChI=1S/C5H5N.Ca.H3O3P.H2O/c1-2-4-6-5-3-1;;1-4(2)3;/h1-5H;;4H,(H2,1,2,3);1H2/q;+2;;/p-2. The van der Waals surface area contributed by atoms with Crippen LogP contribution in [0.3, 0.4) is 0 Å². The van der Waals surface area contributed by atoms with Gasteiger partial charge in [0.2, 0.25) is 0 Å². The van der Waals surface area contributed by atoms with Crippen LogP contribution >= 0.6 is 8.25 Å². The molecule has 12 heavy (non-hydrogen) atoms. The third-order valence-electron chi connectivity index (χ3n) is 0.566. The maximum absolute atomic E-state index is 8.52. The van der Waals surface area contributed by atoms with Gasteiger partial charge in [0, 0.05) is 12.4 Å². The van der Waals surface area contributed by atoms with Gasteiger partial charge in [-0.1, -0.05) is 14.3 Å². The average molecular weight is 217 g/mol. The Morgan fingerprint density at radius 1 is 1.08 bits per heavy atom. The van der Waals surface area contributed by atoms with Crippen LogP contribution in [0.1, 0.15) is 0 Å². The summed E-state index contributed by atoms with van der Waals surface area (Å²) >= 11 is 0. The van der Waals surface area contributed by atoms with E-state index in [9.17, 15) is 0 Å². The maximum atomic E-state index is 8.52. The minimum Gasteiger partial charge on any atom is -0.813 e. The summed E-state index contributed by atoms with van der Waals surface area (Å²) in [6.07, 6.45) is 3.50. The monoisotopic (exact) mass is 217 g/mol. The van der Waals surface area contributed by atoms with E-state index in [-0.39, 0.29) is 43.2 Å². The van der Waals surface area contributed by atoms with Crippen molar-refractivity contribution in [2.75, 3.05) is 0 Å². The van der Waals surface area contributed by atoms with Crippen molar-refractivity contribution in [1.29, 1.82) is 0 Å². The zero-order valence-electron chi connectivity index (χ0n) is 6.27. The molecule has 0 radical (unpaired) electrons. The summed E-state index contributed by atoms with van der Waals surface area (Å²) in [5.74, 6) is 0. The van der Waals surface area contributed by atoms with E-state index in [1.807, 2.05) is 18.2 Å². The Labute approximate surface area is 101 Å². The van der Waals surface area contributed by atoms with Gasteiger partial charge in [0.15, 0.2) is 0 Å². The minimum atomic E-state index is -3.63. The molecule has 7 heteroatoms. The summed E-state index contributed by atoms with van der Waals surface area (Å²) in [5, 5.41) is 0. The Morgan fingerprint density at radius 2 is 1.42 bits per heavy atom. The van der Waals surface area contributed by atoms with Crippen LogP contribution in [-0.2, 0) is 4.57 Å². The molecule has 0 bridgehead atoms. The first-order chi connectivity index (χ1) is 4.73. The van der Waals surface area contributed by atoms with Crippen molar-refractivity contribution < 1.29 is 19.8 Å². The molecule has 5 nitrogen and oxygen atoms in total.